The Morgan fingerprint density at radius 2 is 2.19 bits per heavy atom. The van der Waals surface area contributed by atoms with Crippen LogP contribution in [0.1, 0.15) is 36.7 Å². The molecule has 2 aromatic rings. The lowest BCUT2D eigenvalue weighted by Gasteiger charge is -2.31. The minimum absolute atomic E-state index is 0.393. The molecule has 1 N–H and O–H groups in total. The zero-order valence-corrected chi connectivity index (χ0v) is 15.3. The van der Waals surface area contributed by atoms with Crippen molar-refractivity contribution in [2.24, 2.45) is 4.99 Å². The molecule has 4 rings (SSSR count). The highest BCUT2D eigenvalue weighted by molar-refractivity contribution is 6.00. The number of alkyl halides is 2. The Morgan fingerprint density at radius 3 is 2.85 bits per heavy atom. The van der Waals surface area contributed by atoms with Gasteiger partial charge in [0.05, 0.1) is 17.6 Å². The maximum absolute atomic E-state index is 12.5. The molecule has 0 bridgehead atoms. The van der Waals surface area contributed by atoms with Gasteiger partial charge in [0.25, 0.3) is 6.43 Å². The lowest BCUT2D eigenvalue weighted by Crippen LogP contribution is -2.33. The second-order valence-electron chi connectivity index (χ2n) is 7.06. The molecular formula is C20H23F2N5. The van der Waals surface area contributed by atoms with E-state index in [1.807, 2.05) is 37.5 Å². The molecule has 1 aromatic carbocycles. The normalized spacial score (nSPS) is 17.3. The van der Waals surface area contributed by atoms with Gasteiger partial charge in [-0.1, -0.05) is 12.6 Å². The molecule has 1 fully saturated rings. The molecule has 1 aliphatic carbocycles. The van der Waals surface area contributed by atoms with Gasteiger partial charge in [-0.05, 0) is 43.0 Å². The lowest BCUT2D eigenvalue weighted by atomic mass is 9.92. The predicted octanol–water partition coefficient (Wildman–Crippen LogP) is 3.79. The number of benzene rings is 1. The summed E-state index contributed by atoms with van der Waals surface area (Å²) in [4.78, 5) is 11.5. The van der Waals surface area contributed by atoms with E-state index >= 15 is 0 Å². The van der Waals surface area contributed by atoms with E-state index in [1.54, 1.807) is 0 Å². The van der Waals surface area contributed by atoms with Gasteiger partial charge in [0.1, 0.15) is 0 Å². The highest BCUT2D eigenvalue weighted by Crippen LogP contribution is 2.36. The molecule has 2 aliphatic rings. The fraction of sp³-hybridized carbons (Fsp3) is 0.400. The number of imidazole rings is 1. The number of aromatic nitrogens is 2. The summed E-state index contributed by atoms with van der Waals surface area (Å²) in [5.74, 6) is 1.72. The number of hydrogen-bond donors (Lipinski definition) is 1. The molecule has 0 amide bonds. The maximum atomic E-state index is 12.5. The second-order valence-corrected chi connectivity index (χ2v) is 7.06. The molecular weight excluding hydrogens is 348 g/mol. The first-order valence-corrected chi connectivity index (χ1v) is 9.22. The summed E-state index contributed by atoms with van der Waals surface area (Å²) in [7, 11) is 2.01. The van der Waals surface area contributed by atoms with E-state index in [2.05, 4.69) is 26.4 Å². The van der Waals surface area contributed by atoms with Crippen LogP contribution >= 0.6 is 0 Å². The van der Waals surface area contributed by atoms with E-state index < -0.39 is 13.0 Å². The Morgan fingerprint density at radius 1 is 1.37 bits per heavy atom. The minimum atomic E-state index is -2.41. The van der Waals surface area contributed by atoms with Gasteiger partial charge in [-0.25, -0.2) is 18.8 Å². The van der Waals surface area contributed by atoms with Crippen LogP contribution in [-0.2, 0) is 0 Å². The topological polar surface area (TPSA) is 45.5 Å². The number of halogens is 2. The summed E-state index contributed by atoms with van der Waals surface area (Å²) in [6.07, 6.45) is 4.84. The number of amidine groups is 1. The third-order valence-corrected chi connectivity index (χ3v) is 5.19. The fourth-order valence-electron chi connectivity index (χ4n) is 3.50. The zero-order chi connectivity index (χ0) is 19.0. The number of nitrogens with one attached hydrogen (secondary N) is 1. The average Bonchev–Trinajstić information content (AvgIpc) is 2.97. The third kappa shape index (κ3) is 3.34. The van der Waals surface area contributed by atoms with E-state index in [0.29, 0.717) is 11.7 Å². The van der Waals surface area contributed by atoms with E-state index in [4.69, 9.17) is 4.98 Å². The van der Waals surface area contributed by atoms with E-state index in [1.165, 1.54) is 6.42 Å². The van der Waals surface area contributed by atoms with Gasteiger partial charge in [0.2, 0.25) is 0 Å². The van der Waals surface area contributed by atoms with Gasteiger partial charge in [0.15, 0.2) is 11.7 Å². The van der Waals surface area contributed by atoms with Crippen molar-refractivity contribution >= 4 is 22.6 Å². The largest absolute Gasteiger partial charge is 0.379 e. The molecule has 1 aliphatic heterocycles. The monoisotopic (exact) mass is 371 g/mol. The molecule has 2 heterocycles. The van der Waals surface area contributed by atoms with Crippen LogP contribution in [0.25, 0.3) is 16.7 Å². The first-order valence-electron chi connectivity index (χ1n) is 9.22. The van der Waals surface area contributed by atoms with Crippen LogP contribution in [0.5, 0.6) is 0 Å². The molecule has 0 unspecified atom stereocenters. The van der Waals surface area contributed by atoms with Gasteiger partial charge >= 0.3 is 0 Å². The van der Waals surface area contributed by atoms with E-state index in [9.17, 15) is 8.78 Å². The quantitative estimate of drug-likeness (QED) is 0.840. The molecule has 142 valence electrons. The van der Waals surface area contributed by atoms with Crippen LogP contribution in [0.4, 0.5) is 8.78 Å². The number of nitrogens with zero attached hydrogens (tertiary/aromatic N) is 4. The number of hydrogen-bond acceptors (Lipinski definition) is 4. The molecule has 0 radical (unpaired) electrons. The first kappa shape index (κ1) is 17.7. The molecule has 1 saturated carbocycles. The van der Waals surface area contributed by atoms with Gasteiger partial charge in [-0.3, -0.25) is 0 Å². The van der Waals surface area contributed by atoms with Crippen molar-refractivity contribution < 1.29 is 8.78 Å². The molecule has 0 saturated heterocycles. The first-order chi connectivity index (χ1) is 13.0. The molecule has 0 spiro atoms. The second kappa shape index (κ2) is 7.13. The smallest absolute Gasteiger partial charge is 0.255 e. The Balaban J connectivity index is 1.77. The standard InChI is InChI=1S/C20H23F2N5/c1-13(24-12-18(21)22)14-7-8-16-17(11-14)27(15-5-3-6-15)20(25-16)19-23-9-4-10-26(19)2/h4,7-9,11,15,18,24H,1,3,5-6,10,12H2,2H3. The van der Waals surface area contributed by atoms with Crippen molar-refractivity contribution in [3.63, 3.8) is 0 Å². The Labute approximate surface area is 157 Å². The Bertz CT molecular complexity index is 924. The molecule has 5 nitrogen and oxygen atoms in total. The van der Waals surface area contributed by atoms with Crippen molar-refractivity contribution in [2.45, 2.75) is 31.7 Å². The van der Waals surface area contributed by atoms with E-state index in [0.717, 1.165) is 47.6 Å². The molecule has 0 atom stereocenters. The van der Waals surface area contributed by atoms with E-state index in [-0.39, 0.29) is 0 Å². The van der Waals surface area contributed by atoms with Crippen molar-refractivity contribution in [1.82, 2.24) is 19.8 Å². The number of likely N-dealkylation sites (N-methyl/N-ethyl adjacent to an activating group) is 1. The zero-order valence-electron chi connectivity index (χ0n) is 15.3. The highest BCUT2D eigenvalue weighted by atomic mass is 19.3. The van der Waals surface area contributed by atoms with Gasteiger partial charge in [0, 0.05) is 31.5 Å². The summed E-state index contributed by atoms with van der Waals surface area (Å²) < 4.78 is 27.2. The summed E-state index contributed by atoms with van der Waals surface area (Å²) in [5.41, 5.74) is 3.18. The molecule has 7 heteroatoms. The third-order valence-electron chi connectivity index (χ3n) is 5.19. The SMILES string of the molecule is C=C(NCC(F)F)c1ccc2nc(C3=NC=CCN3C)n(C3CCC3)c2c1. The maximum Gasteiger partial charge on any atom is 0.255 e. The highest BCUT2D eigenvalue weighted by Gasteiger charge is 2.28. The predicted molar refractivity (Wildman–Crippen MR) is 104 cm³/mol. The average molecular weight is 371 g/mol. The van der Waals surface area contributed by atoms with Gasteiger partial charge < -0.3 is 14.8 Å². The summed E-state index contributed by atoms with van der Waals surface area (Å²) in [6.45, 7) is 4.30. The minimum Gasteiger partial charge on any atom is -0.379 e. The van der Waals surface area contributed by atoms with Crippen LogP contribution in [0.2, 0.25) is 0 Å². The summed E-state index contributed by atoms with van der Waals surface area (Å²) in [6, 6.07) is 6.18. The fourth-order valence-corrected chi connectivity index (χ4v) is 3.50. The van der Waals surface area contributed by atoms with Gasteiger partial charge in [-0.15, -0.1) is 0 Å². The Hall–Kier alpha value is -2.70. The number of rotatable bonds is 6. The van der Waals surface area contributed by atoms with Crippen LogP contribution in [0, 0.1) is 0 Å². The van der Waals surface area contributed by atoms with Crippen LogP contribution < -0.4 is 5.32 Å². The summed E-state index contributed by atoms with van der Waals surface area (Å²) in [5, 5.41) is 2.70. The lowest BCUT2D eigenvalue weighted by molar-refractivity contribution is 0.151. The van der Waals surface area contributed by atoms with Crippen molar-refractivity contribution in [3.05, 3.63) is 48.4 Å². The van der Waals surface area contributed by atoms with Crippen LogP contribution in [-0.4, -0.2) is 46.8 Å². The van der Waals surface area contributed by atoms with Crippen molar-refractivity contribution in [3.8, 4) is 0 Å². The van der Waals surface area contributed by atoms with Crippen LogP contribution in [0.3, 0.4) is 0 Å². The van der Waals surface area contributed by atoms with Crippen LogP contribution in [0.15, 0.2) is 42.0 Å². The number of fused-ring (bicyclic) bond motifs is 1. The molecule has 27 heavy (non-hydrogen) atoms. The van der Waals surface area contributed by atoms with Gasteiger partial charge in [-0.2, -0.15) is 0 Å². The summed E-state index contributed by atoms with van der Waals surface area (Å²) >= 11 is 0. The van der Waals surface area contributed by atoms with Crippen molar-refractivity contribution in [1.29, 1.82) is 0 Å². The number of aliphatic imine (C=N–C) groups is 1. The van der Waals surface area contributed by atoms with Crippen molar-refractivity contribution in [2.75, 3.05) is 20.1 Å². The molecule has 1 aromatic heterocycles. The Kier molecular flexibility index (Phi) is 4.68.